The summed E-state index contributed by atoms with van der Waals surface area (Å²) in [6.07, 6.45) is 5.86. The van der Waals surface area contributed by atoms with Gasteiger partial charge in [-0.3, -0.25) is 4.68 Å². The molecule has 0 spiro atoms. The number of thiazole rings is 1. The predicted molar refractivity (Wildman–Crippen MR) is 77.0 cm³/mol. The Labute approximate surface area is 125 Å². The number of aromatic nitrogens is 3. The molecule has 0 aromatic carbocycles. The highest BCUT2D eigenvalue weighted by atomic mass is 32.1. The number of nitrogens with zero attached hydrogens (tertiary/aromatic N) is 3. The van der Waals surface area contributed by atoms with Crippen LogP contribution in [0.5, 0.6) is 0 Å². The molecule has 3 aromatic heterocycles. The smallest absolute Gasteiger partial charge is 0.357 e. The summed E-state index contributed by atoms with van der Waals surface area (Å²) in [4.78, 5) is 16.1. The van der Waals surface area contributed by atoms with E-state index in [1.54, 1.807) is 34.7 Å². The third-order valence-corrected chi connectivity index (χ3v) is 3.68. The van der Waals surface area contributed by atoms with E-state index in [-0.39, 0.29) is 0 Å². The molecule has 108 valence electrons. The second-order valence-electron chi connectivity index (χ2n) is 4.42. The highest BCUT2D eigenvalue weighted by Gasteiger charge is 2.14. The molecule has 3 aromatic rings. The van der Waals surface area contributed by atoms with Crippen LogP contribution in [0.25, 0.3) is 10.8 Å². The van der Waals surface area contributed by atoms with Gasteiger partial charge < -0.3 is 9.15 Å². The minimum absolute atomic E-state index is 0.303. The maximum absolute atomic E-state index is 11.9. The molecule has 0 bridgehead atoms. The van der Waals surface area contributed by atoms with Crippen LogP contribution in [0.4, 0.5) is 0 Å². The Kier molecular flexibility index (Phi) is 3.83. The van der Waals surface area contributed by atoms with Crippen LogP contribution >= 0.6 is 11.3 Å². The summed E-state index contributed by atoms with van der Waals surface area (Å²) in [5.41, 5.74) is 1.33. The summed E-state index contributed by atoms with van der Waals surface area (Å²) < 4.78 is 12.2. The zero-order chi connectivity index (χ0) is 14.7. The Balaban J connectivity index is 1.56. The summed E-state index contributed by atoms with van der Waals surface area (Å²) in [6.45, 7) is 0.304. The summed E-state index contributed by atoms with van der Waals surface area (Å²) >= 11 is 1.35. The molecule has 6 nitrogen and oxygen atoms in total. The van der Waals surface area contributed by atoms with Crippen LogP contribution in [0.15, 0.2) is 40.6 Å². The summed E-state index contributed by atoms with van der Waals surface area (Å²) in [5, 5.41) is 6.40. The molecule has 0 radical (unpaired) electrons. The van der Waals surface area contributed by atoms with Crippen LogP contribution in [0, 0.1) is 0 Å². The lowest BCUT2D eigenvalue weighted by molar-refractivity contribution is 0.0503. The normalized spacial score (nSPS) is 10.7. The molecule has 3 heterocycles. The van der Waals surface area contributed by atoms with Gasteiger partial charge in [0.15, 0.2) is 16.5 Å². The fourth-order valence-corrected chi connectivity index (χ4v) is 2.57. The largest absolute Gasteiger partial charge is 0.462 e. The molecule has 0 N–H and O–H groups in total. The zero-order valence-electron chi connectivity index (χ0n) is 11.4. The van der Waals surface area contributed by atoms with Crippen molar-refractivity contribution in [2.75, 3.05) is 6.61 Å². The molecule has 0 atom stereocenters. The van der Waals surface area contributed by atoms with Crippen LogP contribution in [-0.4, -0.2) is 27.3 Å². The number of hydrogen-bond donors (Lipinski definition) is 0. The van der Waals surface area contributed by atoms with Gasteiger partial charge in [0.1, 0.15) is 0 Å². The number of furan rings is 1. The second kappa shape index (κ2) is 5.92. The molecular formula is C14H13N3O3S. The molecule has 21 heavy (non-hydrogen) atoms. The van der Waals surface area contributed by atoms with E-state index < -0.39 is 5.97 Å². The maximum Gasteiger partial charge on any atom is 0.357 e. The number of aryl methyl sites for hydroxylation is 1. The molecule has 3 rings (SSSR count). The molecule has 0 aliphatic rings. The van der Waals surface area contributed by atoms with Crippen molar-refractivity contribution in [3.63, 3.8) is 0 Å². The van der Waals surface area contributed by atoms with Crippen LogP contribution in [0.3, 0.4) is 0 Å². The number of carbonyl (C=O) groups excluding carboxylic acids is 1. The minimum atomic E-state index is -0.423. The number of rotatable bonds is 5. The predicted octanol–water partition coefficient (Wildman–Crippen LogP) is 2.54. The van der Waals surface area contributed by atoms with Crippen LogP contribution in [0.2, 0.25) is 0 Å². The topological polar surface area (TPSA) is 70.2 Å². The molecule has 0 saturated heterocycles. The van der Waals surface area contributed by atoms with Crippen molar-refractivity contribution in [2.45, 2.75) is 6.42 Å². The van der Waals surface area contributed by atoms with E-state index in [1.807, 2.05) is 13.2 Å². The van der Waals surface area contributed by atoms with E-state index >= 15 is 0 Å². The Morgan fingerprint density at radius 3 is 3.14 bits per heavy atom. The highest BCUT2D eigenvalue weighted by Crippen LogP contribution is 2.24. The Morgan fingerprint density at radius 2 is 2.43 bits per heavy atom. The van der Waals surface area contributed by atoms with Gasteiger partial charge in [-0.05, 0) is 17.7 Å². The Hall–Kier alpha value is -2.41. The molecule has 0 amide bonds. The van der Waals surface area contributed by atoms with Crippen molar-refractivity contribution in [3.8, 4) is 10.8 Å². The monoisotopic (exact) mass is 303 g/mol. The lowest BCUT2D eigenvalue weighted by Gasteiger charge is -2.00. The van der Waals surface area contributed by atoms with E-state index in [4.69, 9.17) is 9.15 Å². The SMILES string of the molecule is Cn1cc(CCOC(=O)c2csc(-c3ccco3)n2)cn1. The van der Waals surface area contributed by atoms with Crippen LogP contribution in [-0.2, 0) is 18.2 Å². The van der Waals surface area contributed by atoms with Gasteiger partial charge in [0, 0.05) is 25.0 Å². The first-order valence-corrected chi connectivity index (χ1v) is 7.24. The molecule has 0 fully saturated rings. The average molecular weight is 303 g/mol. The quantitative estimate of drug-likeness (QED) is 0.677. The van der Waals surface area contributed by atoms with E-state index in [1.165, 1.54) is 11.3 Å². The number of esters is 1. The second-order valence-corrected chi connectivity index (χ2v) is 5.28. The van der Waals surface area contributed by atoms with Crippen molar-refractivity contribution in [1.29, 1.82) is 0 Å². The van der Waals surface area contributed by atoms with E-state index in [2.05, 4.69) is 10.1 Å². The van der Waals surface area contributed by atoms with Gasteiger partial charge in [-0.1, -0.05) is 0 Å². The van der Waals surface area contributed by atoms with E-state index in [0.29, 0.717) is 29.5 Å². The van der Waals surface area contributed by atoms with Gasteiger partial charge in [-0.25, -0.2) is 9.78 Å². The zero-order valence-corrected chi connectivity index (χ0v) is 12.2. The summed E-state index contributed by atoms with van der Waals surface area (Å²) in [7, 11) is 1.85. The summed E-state index contributed by atoms with van der Waals surface area (Å²) in [6, 6.07) is 3.58. The maximum atomic E-state index is 11.9. The van der Waals surface area contributed by atoms with Gasteiger partial charge in [-0.15, -0.1) is 11.3 Å². The first-order chi connectivity index (χ1) is 10.2. The number of hydrogen-bond acceptors (Lipinski definition) is 6. The van der Waals surface area contributed by atoms with Gasteiger partial charge in [-0.2, -0.15) is 5.10 Å². The molecule has 0 aliphatic heterocycles. The molecule has 0 aliphatic carbocycles. The van der Waals surface area contributed by atoms with Crippen molar-refractivity contribution in [1.82, 2.24) is 14.8 Å². The molecule has 0 saturated carbocycles. The van der Waals surface area contributed by atoms with Gasteiger partial charge in [0.25, 0.3) is 0 Å². The minimum Gasteiger partial charge on any atom is -0.462 e. The van der Waals surface area contributed by atoms with Crippen LogP contribution < -0.4 is 0 Å². The van der Waals surface area contributed by atoms with Crippen LogP contribution in [0.1, 0.15) is 16.1 Å². The third-order valence-electron chi connectivity index (χ3n) is 2.83. The lowest BCUT2D eigenvalue weighted by Crippen LogP contribution is -2.08. The fourth-order valence-electron chi connectivity index (χ4n) is 1.82. The first-order valence-electron chi connectivity index (χ1n) is 6.36. The van der Waals surface area contributed by atoms with E-state index in [0.717, 1.165) is 5.56 Å². The van der Waals surface area contributed by atoms with Crippen molar-refractivity contribution in [2.24, 2.45) is 7.05 Å². The highest BCUT2D eigenvalue weighted by molar-refractivity contribution is 7.13. The van der Waals surface area contributed by atoms with Crippen molar-refractivity contribution >= 4 is 17.3 Å². The van der Waals surface area contributed by atoms with Crippen molar-refractivity contribution in [3.05, 3.63) is 47.4 Å². The lowest BCUT2D eigenvalue weighted by atomic mass is 10.3. The van der Waals surface area contributed by atoms with Crippen molar-refractivity contribution < 1.29 is 13.9 Å². The fraction of sp³-hybridized carbons (Fsp3) is 0.214. The number of ether oxygens (including phenoxy) is 1. The molecule has 7 heteroatoms. The number of carbonyl (C=O) groups is 1. The van der Waals surface area contributed by atoms with E-state index in [9.17, 15) is 4.79 Å². The average Bonchev–Trinajstić information content (AvgIpc) is 3.19. The van der Waals surface area contributed by atoms with Gasteiger partial charge in [0.2, 0.25) is 0 Å². The first kappa shape index (κ1) is 13.6. The molecule has 0 unspecified atom stereocenters. The summed E-state index contributed by atoms with van der Waals surface area (Å²) in [5.74, 6) is 0.224. The van der Waals surface area contributed by atoms with Gasteiger partial charge in [0.05, 0.1) is 19.1 Å². The van der Waals surface area contributed by atoms with Gasteiger partial charge >= 0.3 is 5.97 Å². The molecular weight excluding hydrogens is 290 g/mol. The standard InChI is InChI=1S/C14H13N3O3S/c1-17-8-10(7-15-17)4-6-20-14(18)11-9-21-13(16-11)12-3-2-5-19-12/h2-3,5,7-9H,4,6H2,1H3. The Bertz CT molecular complexity index is 730. The Morgan fingerprint density at radius 1 is 1.52 bits per heavy atom. The third kappa shape index (κ3) is 3.19.